The largest absolute Gasteiger partial charge is 0.326 e. The summed E-state index contributed by atoms with van der Waals surface area (Å²) in [7, 11) is 0. The summed E-state index contributed by atoms with van der Waals surface area (Å²) in [6.07, 6.45) is 2.50. The van der Waals surface area contributed by atoms with Gasteiger partial charge in [0.2, 0.25) is 0 Å². The number of aryl methyl sites for hydroxylation is 1. The molecule has 3 rings (SSSR count). The van der Waals surface area contributed by atoms with E-state index in [1.165, 1.54) is 11.6 Å². The van der Waals surface area contributed by atoms with Gasteiger partial charge in [0.25, 0.3) is 0 Å². The molecule has 0 bridgehead atoms. The third kappa shape index (κ3) is 2.68. The Kier molecular flexibility index (Phi) is 4.07. The lowest BCUT2D eigenvalue weighted by Gasteiger charge is -2.21. The summed E-state index contributed by atoms with van der Waals surface area (Å²) in [6.45, 7) is 2.50. The third-order valence-corrected chi connectivity index (χ3v) is 4.77. The molecule has 5 heteroatoms. The maximum absolute atomic E-state index is 13.9. The molecule has 0 fully saturated rings. The van der Waals surface area contributed by atoms with Gasteiger partial charge in [-0.15, -0.1) is 11.8 Å². The Morgan fingerprint density at radius 3 is 2.86 bits per heavy atom. The number of thioether (sulfide) groups is 1. The van der Waals surface area contributed by atoms with Crippen molar-refractivity contribution >= 4 is 29.2 Å². The van der Waals surface area contributed by atoms with E-state index in [-0.39, 0.29) is 11.8 Å². The highest BCUT2D eigenvalue weighted by Gasteiger charge is 2.23. The van der Waals surface area contributed by atoms with E-state index in [1.54, 1.807) is 28.8 Å². The predicted molar refractivity (Wildman–Crippen MR) is 89.4 cm³/mol. The minimum atomic E-state index is -0.270. The molecule has 2 amide bonds. The van der Waals surface area contributed by atoms with E-state index in [2.05, 4.69) is 5.32 Å². The fourth-order valence-electron chi connectivity index (χ4n) is 2.66. The molecule has 3 nitrogen and oxygen atoms in total. The summed E-state index contributed by atoms with van der Waals surface area (Å²) in [5.41, 5.74) is 3.14. The van der Waals surface area contributed by atoms with Crippen LogP contribution in [0.2, 0.25) is 0 Å². The van der Waals surface area contributed by atoms with Gasteiger partial charge in [0.1, 0.15) is 5.82 Å². The fraction of sp³-hybridized carbons (Fsp3) is 0.235. The van der Waals surface area contributed by atoms with Crippen molar-refractivity contribution in [1.29, 1.82) is 0 Å². The molecule has 1 N–H and O–H groups in total. The van der Waals surface area contributed by atoms with Gasteiger partial charge in [-0.25, -0.2) is 9.18 Å². The first-order valence-electron chi connectivity index (χ1n) is 7.10. The number of rotatable bonds is 2. The van der Waals surface area contributed by atoms with Crippen LogP contribution in [0.3, 0.4) is 0 Å². The maximum Gasteiger partial charge on any atom is 0.326 e. The van der Waals surface area contributed by atoms with Crippen LogP contribution in [0.5, 0.6) is 0 Å². The number of hydrogen-bond acceptors (Lipinski definition) is 2. The smallest absolute Gasteiger partial charge is 0.307 e. The van der Waals surface area contributed by atoms with Crippen molar-refractivity contribution in [2.45, 2.75) is 18.2 Å². The molecule has 0 unspecified atom stereocenters. The highest BCUT2D eigenvalue weighted by molar-refractivity contribution is 7.98. The normalized spacial score (nSPS) is 14.3. The number of urea groups is 1. The van der Waals surface area contributed by atoms with Gasteiger partial charge in [0.05, 0.1) is 0 Å². The quantitative estimate of drug-likeness (QED) is 0.830. The van der Waals surface area contributed by atoms with Crippen molar-refractivity contribution in [3.8, 4) is 0 Å². The minimum Gasteiger partial charge on any atom is -0.307 e. The van der Waals surface area contributed by atoms with E-state index in [0.29, 0.717) is 24.2 Å². The van der Waals surface area contributed by atoms with Gasteiger partial charge < -0.3 is 5.32 Å². The van der Waals surface area contributed by atoms with Crippen LogP contribution in [0.25, 0.3) is 0 Å². The Morgan fingerprint density at radius 2 is 2.09 bits per heavy atom. The molecule has 2 aromatic carbocycles. The first kappa shape index (κ1) is 14.9. The van der Waals surface area contributed by atoms with E-state index >= 15 is 0 Å². The minimum absolute atomic E-state index is 0.222. The molecule has 114 valence electrons. The van der Waals surface area contributed by atoms with Crippen LogP contribution in [0.15, 0.2) is 41.3 Å². The zero-order valence-electron chi connectivity index (χ0n) is 12.5. The molecule has 0 aromatic heterocycles. The predicted octanol–water partition coefficient (Wildman–Crippen LogP) is 4.45. The van der Waals surface area contributed by atoms with Crippen molar-refractivity contribution in [1.82, 2.24) is 0 Å². The Bertz CT molecular complexity index is 733. The molecule has 2 aromatic rings. The first-order valence-corrected chi connectivity index (χ1v) is 8.33. The van der Waals surface area contributed by atoms with Crippen molar-refractivity contribution in [2.75, 3.05) is 23.0 Å². The Hall–Kier alpha value is -2.01. The standard InChI is InChI=1S/C17H17FN2OS/c1-11-6-7-12(10-16(11)22-2)20-9-8-13-14(18)4-3-5-15(13)19-17(20)21/h3-7,10H,8-9H2,1-2H3,(H,19,21). The Balaban J connectivity index is 1.94. The molecular formula is C17H17FN2OS. The van der Waals surface area contributed by atoms with Gasteiger partial charge in [0, 0.05) is 28.4 Å². The SMILES string of the molecule is CSc1cc(N2CCc3c(F)cccc3NC2=O)ccc1C. The Labute approximate surface area is 133 Å². The van der Waals surface area contributed by atoms with Gasteiger partial charge >= 0.3 is 6.03 Å². The maximum atomic E-state index is 13.9. The average Bonchev–Trinajstić information content (AvgIpc) is 2.67. The number of fused-ring (bicyclic) bond motifs is 1. The average molecular weight is 316 g/mol. The van der Waals surface area contributed by atoms with Gasteiger partial charge in [-0.3, -0.25) is 4.90 Å². The second kappa shape index (κ2) is 6.01. The van der Waals surface area contributed by atoms with Crippen molar-refractivity contribution in [2.24, 2.45) is 0 Å². The fourth-order valence-corrected chi connectivity index (χ4v) is 3.29. The number of carbonyl (C=O) groups is 1. The van der Waals surface area contributed by atoms with Crippen LogP contribution in [0, 0.1) is 12.7 Å². The molecule has 0 aliphatic carbocycles. The van der Waals surface area contributed by atoms with Crippen LogP contribution in [0.4, 0.5) is 20.6 Å². The van der Waals surface area contributed by atoms with Crippen LogP contribution in [0.1, 0.15) is 11.1 Å². The molecular weight excluding hydrogens is 299 g/mol. The molecule has 1 heterocycles. The van der Waals surface area contributed by atoms with Gasteiger partial charge in [-0.2, -0.15) is 0 Å². The summed E-state index contributed by atoms with van der Waals surface area (Å²) >= 11 is 1.65. The molecule has 0 spiro atoms. The van der Waals surface area contributed by atoms with Crippen molar-refractivity contribution in [3.05, 3.63) is 53.3 Å². The molecule has 0 saturated heterocycles. The first-order chi connectivity index (χ1) is 10.6. The number of amides is 2. The number of benzene rings is 2. The highest BCUT2D eigenvalue weighted by atomic mass is 32.2. The number of hydrogen-bond donors (Lipinski definition) is 1. The molecule has 0 atom stereocenters. The number of nitrogens with zero attached hydrogens (tertiary/aromatic N) is 1. The summed E-state index contributed by atoms with van der Waals surface area (Å²) < 4.78 is 13.9. The second-order valence-corrected chi connectivity index (χ2v) is 6.10. The summed E-state index contributed by atoms with van der Waals surface area (Å²) in [6, 6.07) is 10.5. The second-order valence-electron chi connectivity index (χ2n) is 5.25. The summed E-state index contributed by atoms with van der Waals surface area (Å²) in [4.78, 5) is 15.3. The topological polar surface area (TPSA) is 32.3 Å². The van der Waals surface area contributed by atoms with E-state index in [9.17, 15) is 9.18 Å². The highest BCUT2D eigenvalue weighted by Crippen LogP contribution is 2.29. The molecule has 1 aliphatic rings. The van der Waals surface area contributed by atoms with E-state index < -0.39 is 0 Å². The van der Waals surface area contributed by atoms with Crippen molar-refractivity contribution < 1.29 is 9.18 Å². The van der Waals surface area contributed by atoms with E-state index in [0.717, 1.165) is 10.6 Å². The lowest BCUT2D eigenvalue weighted by molar-refractivity contribution is 0.257. The van der Waals surface area contributed by atoms with Crippen LogP contribution in [-0.4, -0.2) is 18.8 Å². The zero-order chi connectivity index (χ0) is 15.7. The van der Waals surface area contributed by atoms with E-state index in [1.807, 2.05) is 31.4 Å². The number of anilines is 2. The molecule has 22 heavy (non-hydrogen) atoms. The van der Waals surface area contributed by atoms with Crippen LogP contribution in [-0.2, 0) is 6.42 Å². The van der Waals surface area contributed by atoms with E-state index in [4.69, 9.17) is 0 Å². The van der Waals surface area contributed by atoms with Gasteiger partial charge in [-0.05, 0) is 49.4 Å². The third-order valence-electron chi connectivity index (χ3n) is 3.89. The molecule has 0 radical (unpaired) electrons. The van der Waals surface area contributed by atoms with Crippen molar-refractivity contribution in [3.63, 3.8) is 0 Å². The lowest BCUT2D eigenvalue weighted by Crippen LogP contribution is -2.34. The molecule has 1 aliphatic heterocycles. The monoisotopic (exact) mass is 316 g/mol. The molecule has 0 saturated carbocycles. The van der Waals surface area contributed by atoms with Gasteiger partial charge in [0.15, 0.2) is 0 Å². The lowest BCUT2D eigenvalue weighted by atomic mass is 10.1. The summed E-state index contributed by atoms with van der Waals surface area (Å²) in [5, 5.41) is 2.80. The summed E-state index contributed by atoms with van der Waals surface area (Å²) in [5.74, 6) is -0.270. The Morgan fingerprint density at radius 1 is 1.27 bits per heavy atom. The zero-order valence-corrected chi connectivity index (χ0v) is 13.3. The van der Waals surface area contributed by atoms with Crippen LogP contribution < -0.4 is 10.2 Å². The number of nitrogens with one attached hydrogen (secondary N) is 1. The van der Waals surface area contributed by atoms with Gasteiger partial charge in [-0.1, -0.05) is 12.1 Å². The number of carbonyl (C=O) groups excluding carboxylic acids is 1. The number of halogens is 1. The van der Waals surface area contributed by atoms with Crippen LogP contribution >= 0.6 is 11.8 Å².